The minimum Gasteiger partial charge on any atom is -0.357 e. The Morgan fingerprint density at radius 2 is 1.86 bits per heavy atom. The summed E-state index contributed by atoms with van der Waals surface area (Å²) in [6, 6.07) is 11.4. The molecule has 1 aliphatic rings. The lowest BCUT2D eigenvalue weighted by Crippen LogP contribution is -2.23. The van der Waals surface area contributed by atoms with Gasteiger partial charge in [-0.2, -0.15) is 0 Å². The number of nitrogens with zero attached hydrogens (tertiary/aromatic N) is 2. The molecule has 0 unspecified atom stereocenters. The number of hydrogen-bond acceptors (Lipinski definition) is 3. The van der Waals surface area contributed by atoms with E-state index in [9.17, 15) is 4.79 Å². The summed E-state index contributed by atoms with van der Waals surface area (Å²) in [4.78, 5) is 18.8. The maximum absolute atomic E-state index is 12.1. The zero-order chi connectivity index (χ0) is 15.4. The second-order valence-corrected chi connectivity index (χ2v) is 6.32. The smallest absolute Gasteiger partial charge is 0.251 e. The molecule has 22 heavy (non-hydrogen) atoms. The number of carbonyl (C=O) groups excluding carboxylic acids is 1. The molecule has 3 rings (SSSR count). The molecule has 0 saturated carbocycles. The molecule has 0 bridgehead atoms. The molecule has 1 aromatic heterocycles. The average Bonchev–Trinajstić information content (AvgIpc) is 3.08. The van der Waals surface area contributed by atoms with Gasteiger partial charge in [0.2, 0.25) is 0 Å². The van der Waals surface area contributed by atoms with Crippen LogP contribution in [0.1, 0.15) is 28.8 Å². The van der Waals surface area contributed by atoms with Crippen LogP contribution in [0.3, 0.4) is 0 Å². The van der Waals surface area contributed by atoms with Crippen LogP contribution in [0.15, 0.2) is 47.1 Å². The zero-order valence-corrected chi connectivity index (χ0v) is 13.8. The van der Waals surface area contributed by atoms with Crippen molar-refractivity contribution in [3.8, 4) is 0 Å². The highest BCUT2D eigenvalue weighted by molar-refractivity contribution is 9.10. The molecular weight excluding hydrogens is 342 g/mol. The van der Waals surface area contributed by atoms with Crippen LogP contribution in [0.2, 0.25) is 0 Å². The van der Waals surface area contributed by atoms with Gasteiger partial charge in [-0.3, -0.25) is 4.79 Å². The highest BCUT2D eigenvalue weighted by atomic mass is 79.9. The number of benzene rings is 1. The molecule has 2 aromatic rings. The number of aromatic nitrogens is 1. The van der Waals surface area contributed by atoms with Crippen molar-refractivity contribution in [1.82, 2.24) is 10.3 Å². The monoisotopic (exact) mass is 359 g/mol. The fourth-order valence-electron chi connectivity index (χ4n) is 2.54. The lowest BCUT2D eigenvalue weighted by molar-refractivity contribution is 0.0951. The summed E-state index contributed by atoms with van der Waals surface area (Å²) in [7, 11) is 0. The van der Waals surface area contributed by atoms with Gasteiger partial charge in [0.15, 0.2) is 0 Å². The van der Waals surface area contributed by atoms with Crippen molar-refractivity contribution in [2.45, 2.75) is 19.4 Å². The Morgan fingerprint density at radius 3 is 2.50 bits per heavy atom. The highest BCUT2D eigenvalue weighted by Gasteiger charge is 2.13. The third-order valence-corrected chi connectivity index (χ3v) is 4.33. The topological polar surface area (TPSA) is 45.2 Å². The van der Waals surface area contributed by atoms with Crippen molar-refractivity contribution < 1.29 is 4.79 Å². The summed E-state index contributed by atoms with van der Waals surface area (Å²) < 4.78 is 0.964. The van der Waals surface area contributed by atoms with E-state index in [1.807, 2.05) is 30.5 Å². The highest BCUT2D eigenvalue weighted by Crippen LogP contribution is 2.17. The van der Waals surface area contributed by atoms with Crippen LogP contribution in [0.25, 0.3) is 0 Å². The van der Waals surface area contributed by atoms with Crippen molar-refractivity contribution in [3.63, 3.8) is 0 Å². The van der Waals surface area contributed by atoms with E-state index in [-0.39, 0.29) is 5.91 Å². The predicted molar refractivity (Wildman–Crippen MR) is 91.0 cm³/mol. The molecular formula is C17H18BrN3O. The van der Waals surface area contributed by atoms with E-state index >= 15 is 0 Å². The number of halogens is 1. The van der Waals surface area contributed by atoms with Gasteiger partial charge in [0, 0.05) is 35.9 Å². The van der Waals surface area contributed by atoms with Crippen LogP contribution >= 0.6 is 15.9 Å². The van der Waals surface area contributed by atoms with Gasteiger partial charge in [0.1, 0.15) is 5.82 Å². The van der Waals surface area contributed by atoms with Crippen LogP contribution < -0.4 is 10.2 Å². The molecule has 2 heterocycles. The van der Waals surface area contributed by atoms with Crippen LogP contribution in [0, 0.1) is 0 Å². The van der Waals surface area contributed by atoms with Gasteiger partial charge in [-0.05, 0) is 48.7 Å². The normalized spacial score (nSPS) is 14.1. The van der Waals surface area contributed by atoms with E-state index in [0.29, 0.717) is 12.1 Å². The van der Waals surface area contributed by atoms with Gasteiger partial charge in [0.05, 0.1) is 0 Å². The average molecular weight is 360 g/mol. The Balaban J connectivity index is 1.56. The Hall–Kier alpha value is -1.88. The molecule has 1 aliphatic heterocycles. The van der Waals surface area contributed by atoms with Crippen LogP contribution in [-0.4, -0.2) is 24.0 Å². The minimum absolute atomic E-state index is 0.0730. The summed E-state index contributed by atoms with van der Waals surface area (Å²) in [6.45, 7) is 2.67. The maximum atomic E-state index is 12.1. The Labute approximate surface area is 138 Å². The Bertz CT molecular complexity index is 634. The molecule has 0 aliphatic carbocycles. The molecule has 1 N–H and O–H groups in total. The van der Waals surface area contributed by atoms with E-state index in [1.54, 1.807) is 12.1 Å². The molecule has 114 valence electrons. The SMILES string of the molecule is O=C(NCc1ccc(N2CCCC2)nc1)c1ccc(Br)cc1. The Morgan fingerprint density at radius 1 is 1.14 bits per heavy atom. The fourth-order valence-corrected chi connectivity index (χ4v) is 2.80. The first-order valence-electron chi connectivity index (χ1n) is 7.46. The van der Waals surface area contributed by atoms with Gasteiger partial charge in [-0.25, -0.2) is 4.98 Å². The third kappa shape index (κ3) is 3.65. The quantitative estimate of drug-likeness (QED) is 0.909. The van der Waals surface area contributed by atoms with E-state index < -0.39 is 0 Å². The summed E-state index contributed by atoms with van der Waals surface area (Å²) in [5.41, 5.74) is 1.67. The first kappa shape index (κ1) is 15.0. The molecule has 4 nitrogen and oxygen atoms in total. The number of nitrogens with one attached hydrogen (secondary N) is 1. The second kappa shape index (κ2) is 6.92. The molecule has 0 atom stereocenters. The standard InChI is InChI=1S/C17H18BrN3O/c18-15-6-4-14(5-7-15)17(22)20-12-13-3-8-16(19-11-13)21-9-1-2-10-21/h3-8,11H,1-2,9-10,12H2,(H,20,22). The predicted octanol–water partition coefficient (Wildman–Crippen LogP) is 3.37. The fraction of sp³-hybridized carbons (Fsp3) is 0.294. The minimum atomic E-state index is -0.0730. The van der Waals surface area contributed by atoms with Crippen LogP contribution in [0.4, 0.5) is 5.82 Å². The van der Waals surface area contributed by atoms with Crippen LogP contribution in [0.5, 0.6) is 0 Å². The number of rotatable bonds is 4. The van der Waals surface area contributed by atoms with E-state index in [1.165, 1.54) is 12.8 Å². The summed E-state index contributed by atoms with van der Waals surface area (Å²) >= 11 is 3.36. The molecule has 0 spiro atoms. The van der Waals surface area contributed by atoms with Crippen molar-refractivity contribution in [3.05, 3.63) is 58.2 Å². The molecule has 1 saturated heterocycles. The third-order valence-electron chi connectivity index (χ3n) is 3.80. The van der Waals surface area contributed by atoms with E-state index in [2.05, 4.69) is 31.1 Å². The van der Waals surface area contributed by atoms with Gasteiger partial charge in [-0.15, -0.1) is 0 Å². The number of amides is 1. The summed E-state index contributed by atoms with van der Waals surface area (Å²) in [5.74, 6) is 0.955. The van der Waals surface area contributed by atoms with E-state index in [4.69, 9.17) is 0 Å². The lowest BCUT2D eigenvalue weighted by atomic mass is 10.2. The first-order chi connectivity index (χ1) is 10.7. The number of anilines is 1. The summed E-state index contributed by atoms with van der Waals surface area (Å²) in [5, 5.41) is 2.92. The maximum Gasteiger partial charge on any atom is 0.251 e. The summed E-state index contributed by atoms with van der Waals surface area (Å²) in [6.07, 6.45) is 4.33. The number of hydrogen-bond donors (Lipinski definition) is 1. The van der Waals surface area contributed by atoms with Crippen LogP contribution in [-0.2, 0) is 6.54 Å². The zero-order valence-electron chi connectivity index (χ0n) is 12.3. The van der Waals surface area contributed by atoms with Crippen molar-refractivity contribution >= 4 is 27.7 Å². The van der Waals surface area contributed by atoms with Gasteiger partial charge in [0.25, 0.3) is 5.91 Å². The second-order valence-electron chi connectivity index (χ2n) is 5.41. The number of carbonyl (C=O) groups is 1. The van der Waals surface area contributed by atoms with Gasteiger partial charge in [-0.1, -0.05) is 22.0 Å². The molecule has 1 aromatic carbocycles. The van der Waals surface area contributed by atoms with Gasteiger partial charge < -0.3 is 10.2 Å². The molecule has 1 amide bonds. The molecule has 5 heteroatoms. The first-order valence-corrected chi connectivity index (χ1v) is 8.25. The molecule has 1 fully saturated rings. The van der Waals surface area contributed by atoms with E-state index in [0.717, 1.165) is 28.9 Å². The lowest BCUT2D eigenvalue weighted by Gasteiger charge is -2.16. The van der Waals surface area contributed by atoms with Crippen molar-refractivity contribution in [2.75, 3.05) is 18.0 Å². The van der Waals surface area contributed by atoms with Crippen molar-refractivity contribution in [1.29, 1.82) is 0 Å². The number of pyridine rings is 1. The molecule has 0 radical (unpaired) electrons. The largest absolute Gasteiger partial charge is 0.357 e. The van der Waals surface area contributed by atoms with Gasteiger partial charge >= 0.3 is 0 Å². The Kier molecular flexibility index (Phi) is 4.73. The van der Waals surface area contributed by atoms with Crippen molar-refractivity contribution in [2.24, 2.45) is 0 Å².